The molecule has 0 saturated heterocycles. The van der Waals surface area contributed by atoms with Gasteiger partial charge in [-0.05, 0) is 49.4 Å². The predicted molar refractivity (Wildman–Crippen MR) is 86.1 cm³/mol. The van der Waals surface area contributed by atoms with Crippen molar-refractivity contribution in [1.82, 2.24) is 10.3 Å². The fourth-order valence-corrected chi connectivity index (χ4v) is 2.67. The van der Waals surface area contributed by atoms with Crippen LogP contribution in [-0.2, 0) is 14.8 Å². The van der Waals surface area contributed by atoms with Crippen molar-refractivity contribution in [2.45, 2.75) is 17.9 Å². The largest absolute Gasteiger partial charge is 0.481 e. The van der Waals surface area contributed by atoms with Crippen LogP contribution in [0.25, 0.3) is 0 Å². The second kappa shape index (κ2) is 7.74. The van der Waals surface area contributed by atoms with Crippen LogP contribution in [0.2, 0.25) is 0 Å². The molecule has 7 nitrogen and oxygen atoms in total. The maximum Gasteiger partial charge on any atom is 0.275 e. The fourth-order valence-electron chi connectivity index (χ4n) is 1.78. The van der Waals surface area contributed by atoms with Gasteiger partial charge < -0.3 is 4.74 Å². The molecule has 0 fully saturated rings. The monoisotopic (exact) mass is 363 g/mol. The van der Waals surface area contributed by atoms with Gasteiger partial charge in [0.15, 0.2) is 6.10 Å². The zero-order chi connectivity index (χ0) is 18.4. The van der Waals surface area contributed by atoms with Gasteiger partial charge in [-0.25, -0.2) is 12.8 Å². The van der Waals surface area contributed by atoms with Gasteiger partial charge in [-0.3, -0.25) is 10.2 Å². The number of sulfonamides is 1. The summed E-state index contributed by atoms with van der Waals surface area (Å²) in [6, 6.07) is 12.2. The number of benzene rings is 2. The number of nitrogens with one attached hydrogen (secondary N) is 2. The molecule has 130 valence electrons. The number of hydrazine groups is 1. The second-order valence-corrected chi connectivity index (χ2v) is 6.63. The molecule has 0 aliphatic rings. The van der Waals surface area contributed by atoms with Crippen molar-refractivity contribution in [2.24, 2.45) is 0 Å². The lowest BCUT2D eigenvalue weighted by Crippen LogP contribution is -2.47. The van der Waals surface area contributed by atoms with Gasteiger partial charge in [-0.15, -0.1) is 4.83 Å². The summed E-state index contributed by atoms with van der Waals surface area (Å²) in [5, 5.41) is 8.80. The van der Waals surface area contributed by atoms with E-state index in [4.69, 9.17) is 10.00 Å². The van der Waals surface area contributed by atoms with E-state index in [0.717, 1.165) is 0 Å². The summed E-state index contributed by atoms with van der Waals surface area (Å²) in [7, 11) is -4.04. The Morgan fingerprint density at radius 1 is 1.24 bits per heavy atom. The van der Waals surface area contributed by atoms with Gasteiger partial charge in [0.25, 0.3) is 15.9 Å². The number of amides is 1. The number of rotatable bonds is 6. The minimum atomic E-state index is -4.04. The summed E-state index contributed by atoms with van der Waals surface area (Å²) in [4.78, 5) is 13.7. The Bertz CT molecular complexity index is 908. The highest BCUT2D eigenvalue weighted by Gasteiger charge is 2.19. The van der Waals surface area contributed by atoms with E-state index in [1.807, 2.05) is 16.3 Å². The standard InChI is InChI=1S/C16H14FN3O4S/c1-11(24-14-7-5-13(17)6-8-14)16(21)19-20-25(22,23)15-4-2-3-12(9-15)10-18/h2-9,11,20H,1H3,(H,19,21)/t11-/m0/s1. The Kier molecular flexibility index (Phi) is 5.69. The number of nitriles is 1. The first-order valence-electron chi connectivity index (χ1n) is 7.06. The summed E-state index contributed by atoms with van der Waals surface area (Å²) in [5.74, 6) is -0.935. The maximum absolute atomic E-state index is 12.8. The Balaban J connectivity index is 1.98. The van der Waals surface area contributed by atoms with E-state index >= 15 is 0 Å². The van der Waals surface area contributed by atoms with Gasteiger partial charge in [-0.1, -0.05) is 6.07 Å². The highest BCUT2D eigenvalue weighted by Crippen LogP contribution is 2.13. The highest BCUT2D eigenvalue weighted by atomic mass is 32.2. The molecule has 0 aliphatic heterocycles. The first-order valence-corrected chi connectivity index (χ1v) is 8.54. The van der Waals surface area contributed by atoms with Gasteiger partial charge in [0.2, 0.25) is 0 Å². The number of hydrogen-bond donors (Lipinski definition) is 2. The van der Waals surface area contributed by atoms with Crippen molar-refractivity contribution in [3.8, 4) is 11.8 Å². The van der Waals surface area contributed by atoms with Crippen LogP contribution in [0, 0.1) is 17.1 Å². The molecule has 1 amide bonds. The molecule has 0 aromatic heterocycles. The lowest BCUT2D eigenvalue weighted by molar-refractivity contribution is -0.127. The van der Waals surface area contributed by atoms with Crippen LogP contribution in [0.15, 0.2) is 53.4 Å². The SMILES string of the molecule is C[C@H](Oc1ccc(F)cc1)C(=O)NNS(=O)(=O)c1cccc(C#N)c1. The van der Waals surface area contributed by atoms with Crippen LogP contribution in [0.3, 0.4) is 0 Å². The number of halogens is 1. The van der Waals surface area contributed by atoms with E-state index in [1.165, 1.54) is 55.5 Å². The maximum atomic E-state index is 12.8. The molecule has 0 bridgehead atoms. The first kappa shape index (κ1) is 18.4. The average Bonchev–Trinajstić information content (AvgIpc) is 2.61. The third kappa shape index (κ3) is 5.00. The summed E-state index contributed by atoms with van der Waals surface area (Å²) >= 11 is 0. The van der Waals surface area contributed by atoms with E-state index in [2.05, 4.69) is 0 Å². The van der Waals surface area contributed by atoms with Crippen molar-refractivity contribution >= 4 is 15.9 Å². The quantitative estimate of drug-likeness (QED) is 0.756. The molecule has 0 aliphatic carbocycles. The Morgan fingerprint density at radius 2 is 1.92 bits per heavy atom. The van der Waals surface area contributed by atoms with Crippen LogP contribution in [0.1, 0.15) is 12.5 Å². The predicted octanol–water partition coefficient (Wildman–Crippen LogP) is 1.47. The molecule has 0 radical (unpaired) electrons. The third-order valence-corrected chi connectivity index (χ3v) is 4.32. The van der Waals surface area contributed by atoms with Crippen LogP contribution >= 0.6 is 0 Å². The molecule has 0 saturated carbocycles. The first-order chi connectivity index (χ1) is 11.8. The Morgan fingerprint density at radius 3 is 2.56 bits per heavy atom. The minimum absolute atomic E-state index is 0.168. The minimum Gasteiger partial charge on any atom is -0.481 e. The molecule has 2 aromatic rings. The topological polar surface area (TPSA) is 108 Å². The summed E-state index contributed by atoms with van der Waals surface area (Å²) < 4.78 is 42.3. The fraction of sp³-hybridized carbons (Fsp3) is 0.125. The van der Waals surface area contributed by atoms with Gasteiger partial charge in [-0.2, -0.15) is 5.26 Å². The number of nitrogens with zero attached hydrogens (tertiary/aromatic N) is 1. The van der Waals surface area contributed by atoms with E-state index in [-0.39, 0.29) is 16.2 Å². The highest BCUT2D eigenvalue weighted by molar-refractivity contribution is 7.89. The Labute approximate surface area is 144 Å². The van der Waals surface area contributed by atoms with E-state index < -0.39 is 27.9 Å². The number of carbonyl (C=O) groups excluding carboxylic acids is 1. The number of ether oxygens (including phenoxy) is 1. The molecule has 2 rings (SSSR count). The molecule has 1 atom stereocenters. The summed E-state index contributed by atoms with van der Waals surface area (Å²) in [5.41, 5.74) is 2.20. The van der Waals surface area contributed by atoms with Gasteiger partial charge in [0, 0.05) is 0 Å². The van der Waals surface area contributed by atoms with Gasteiger partial charge in [0.1, 0.15) is 11.6 Å². The molecular weight excluding hydrogens is 349 g/mol. The van der Waals surface area contributed by atoms with Crippen molar-refractivity contribution in [3.05, 3.63) is 59.9 Å². The van der Waals surface area contributed by atoms with Crippen molar-refractivity contribution in [3.63, 3.8) is 0 Å². The molecule has 9 heteroatoms. The molecular formula is C16H14FN3O4S. The van der Waals surface area contributed by atoms with E-state index in [0.29, 0.717) is 0 Å². The smallest absolute Gasteiger partial charge is 0.275 e. The molecule has 25 heavy (non-hydrogen) atoms. The van der Waals surface area contributed by atoms with Crippen LogP contribution < -0.4 is 15.0 Å². The third-order valence-electron chi connectivity index (χ3n) is 3.08. The lowest BCUT2D eigenvalue weighted by Gasteiger charge is -2.15. The van der Waals surface area contributed by atoms with E-state index in [1.54, 1.807) is 0 Å². The summed E-state index contributed by atoms with van der Waals surface area (Å²) in [6.45, 7) is 1.41. The van der Waals surface area contributed by atoms with Crippen molar-refractivity contribution in [2.75, 3.05) is 0 Å². The summed E-state index contributed by atoms with van der Waals surface area (Å²) in [6.07, 6.45) is -1.03. The molecule has 0 heterocycles. The average molecular weight is 363 g/mol. The number of hydrogen-bond acceptors (Lipinski definition) is 5. The van der Waals surface area contributed by atoms with Crippen LogP contribution in [0.4, 0.5) is 4.39 Å². The molecule has 0 unspecified atom stereocenters. The zero-order valence-electron chi connectivity index (χ0n) is 13.1. The van der Waals surface area contributed by atoms with Gasteiger partial charge >= 0.3 is 0 Å². The normalized spacial score (nSPS) is 12.0. The molecule has 2 aromatic carbocycles. The number of carbonyl (C=O) groups is 1. The Hall–Kier alpha value is -2.96. The molecule has 2 N–H and O–H groups in total. The molecule has 0 spiro atoms. The van der Waals surface area contributed by atoms with Crippen LogP contribution in [0.5, 0.6) is 5.75 Å². The van der Waals surface area contributed by atoms with Crippen molar-refractivity contribution in [1.29, 1.82) is 5.26 Å². The van der Waals surface area contributed by atoms with Crippen molar-refractivity contribution < 1.29 is 22.3 Å². The second-order valence-electron chi connectivity index (χ2n) is 4.95. The zero-order valence-corrected chi connectivity index (χ0v) is 13.9. The van der Waals surface area contributed by atoms with E-state index in [9.17, 15) is 17.6 Å². The lowest BCUT2D eigenvalue weighted by atomic mass is 10.2. The van der Waals surface area contributed by atoms with Gasteiger partial charge in [0.05, 0.1) is 16.5 Å². The van der Waals surface area contributed by atoms with Crippen LogP contribution in [-0.4, -0.2) is 20.4 Å².